The molecule has 1 aliphatic rings. The molecule has 1 unspecified atom stereocenters. The number of carbonyl (C=O) groups is 1. The van der Waals surface area contributed by atoms with Gasteiger partial charge in [-0.25, -0.2) is 0 Å². The number of ether oxygens (including phenoxy) is 1. The average Bonchev–Trinajstić information content (AvgIpc) is 2.33. The predicted octanol–water partition coefficient (Wildman–Crippen LogP) is 0.341. The molecule has 0 aromatic rings. The van der Waals surface area contributed by atoms with Crippen LogP contribution in [0.1, 0.15) is 33.6 Å². The minimum atomic E-state index is -0.0483. The van der Waals surface area contributed by atoms with Crippen LogP contribution >= 0.6 is 0 Å². The number of nitrogens with two attached hydrogens (primary N) is 1. The lowest BCUT2D eigenvalue weighted by Crippen LogP contribution is -2.59. The zero-order valence-corrected chi connectivity index (χ0v) is 11.9. The Morgan fingerprint density at radius 3 is 2.83 bits per heavy atom. The van der Waals surface area contributed by atoms with Crippen LogP contribution in [-0.4, -0.2) is 55.2 Å². The lowest BCUT2D eigenvalue weighted by atomic mass is 9.98. The van der Waals surface area contributed by atoms with Crippen molar-refractivity contribution in [2.75, 3.05) is 32.8 Å². The minimum Gasteiger partial charge on any atom is -0.378 e. The third-order valence-electron chi connectivity index (χ3n) is 3.42. The summed E-state index contributed by atoms with van der Waals surface area (Å²) in [6.07, 6.45) is 1.43. The highest BCUT2D eigenvalue weighted by atomic mass is 16.5. The second kappa shape index (κ2) is 7.07. The molecule has 0 aromatic heterocycles. The van der Waals surface area contributed by atoms with Crippen molar-refractivity contribution in [3.05, 3.63) is 0 Å². The van der Waals surface area contributed by atoms with Gasteiger partial charge in [0.2, 0.25) is 5.91 Å². The van der Waals surface area contributed by atoms with Crippen LogP contribution in [0.25, 0.3) is 0 Å². The van der Waals surface area contributed by atoms with Crippen LogP contribution in [0.15, 0.2) is 0 Å². The van der Waals surface area contributed by atoms with Gasteiger partial charge in [0.25, 0.3) is 0 Å². The highest BCUT2D eigenvalue weighted by molar-refractivity contribution is 5.76. The molecule has 0 spiro atoms. The van der Waals surface area contributed by atoms with Gasteiger partial charge >= 0.3 is 0 Å². The molecule has 1 amide bonds. The molecular formula is C13H27N3O2. The number of hydrogen-bond donors (Lipinski definition) is 2. The summed E-state index contributed by atoms with van der Waals surface area (Å²) in [5.41, 5.74) is 5.79. The first-order valence-corrected chi connectivity index (χ1v) is 6.82. The zero-order valence-electron chi connectivity index (χ0n) is 11.9. The van der Waals surface area contributed by atoms with Gasteiger partial charge in [0.05, 0.1) is 13.2 Å². The maximum atomic E-state index is 11.8. The van der Waals surface area contributed by atoms with E-state index in [1.807, 2.05) is 6.92 Å². The number of rotatable bonds is 6. The molecule has 0 bridgehead atoms. The van der Waals surface area contributed by atoms with E-state index in [-0.39, 0.29) is 17.5 Å². The monoisotopic (exact) mass is 257 g/mol. The Morgan fingerprint density at radius 1 is 1.56 bits per heavy atom. The van der Waals surface area contributed by atoms with E-state index in [1.165, 1.54) is 0 Å². The number of carbonyl (C=O) groups excluding carboxylic acids is 1. The fraction of sp³-hybridized carbons (Fsp3) is 0.923. The quantitative estimate of drug-likeness (QED) is 0.720. The third kappa shape index (κ3) is 4.23. The van der Waals surface area contributed by atoms with E-state index < -0.39 is 0 Å². The van der Waals surface area contributed by atoms with Crippen molar-refractivity contribution in [2.45, 2.75) is 45.2 Å². The number of nitrogens with zero attached hydrogens (tertiary/aromatic N) is 1. The summed E-state index contributed by atoms with van der Waals surface area (Å²) in [5, 5.41) is 2.91. The van der Waals surface area contributed by atoms with Crippen LogP contribution in [0.4, 0.5) is 0 Å². The fourth-order valence-corrected chi connectivity index (χ4v) is 2.42. The first-order chi connectivity index (χ1) is 8.51. The smallest absolute Gasteiger partial charge is 0.221 e. The molecule has 1 atom stereocenters. The van der Waals surface area contributed by atoms with E-state index in [0.29, 0.717) is 19.6 Å². The van der Waals surface area contributed by atoms with Crippen molar-refractivity contribution < 1.29 is 9.53 Å². The number of hydrogen-bond acceptors (Lipinski definition) is 4. The second-order valence-corrected chi connectivity index (χ2v) is 5.50. The number of amides is 1. The second-order valence-electron chi connectivity index (χ2n) is 5.50. The van der Waals surface area contributed by atoms with E-state index in [9.17, 15) is 4.79 Å². The van der Waals surface area contributed by atoms with Gasteiger partial charge < -0.3 is 15.8 Å². The van der Waals surface area contributed by atoms with Crippen molar-refractivity contribution in [1.82, 2.24) is 10.2 Å². The molecule has 0 aliphatic carbocycles. The Bertz CT molecular complexity index is 269. The summed E-state index contributed by atoms with van der Waals surface area (Å²) in [6, 6.07) is 0.0979. The van der Waals surface area contributed by atoms with Crippen LogP contribution in [0, 0.1) is 0 Å². The summed E-state index contributed by atoms with van der Waals surface area (Å²) in [7, 11) is 0. The first-order valence-electron chi connectivity index (χ1n) is 6.82. The van der Waals surface area contributed by atoms with Crippen molar-refractivity contribution >= 4 is 5.91 Å². The largest absolute Gasteiger partial charge is 0.378 e. The van der Waals surface area contributed by atoms with Crippen LogP contribution in [0.2, 0.25) is 0 Å². The Morgan fingerprint density at radius 2 is 2.28 bits per heavy atom. The zero-order chi connectivity index (χ0) is 13.6. The highest BCUT2D eigenvalue weighted by Crippen LogP contribution is 2.22. The number of nitrogens with one attached hydrogen (secondary N) is 1. The standard InChI is InChI=1S/C13H27N3O2/c1-4-5-15-12(17)8-11(9-14)16-6-7-18-10-13(16,2)3/h11H,4-10,14H2,1-3H3,(H,15,17). The van der Waals surface area contributed by atoms with Crippen molar-refractivity contribution in [1.29, 1.82) is 0 Å². The molecule has 1 heterocycles. The maximum absolute atomic E-state index is 11.8. The Hall–Kier alpha value is -0.650. The van der Waals surface area contributed by atoms with Gasteiger partial charge in [-0.1, -0.05) is 6.92 Å². The van der Waals surface area contributed by atoms with Crippen molar-refractivity contribution in [3.8, 4) is 0 Å². The maximum Gasteiger partial charge on any atom is 0.221 e. The fourth-order valence-electron chi connectivity index (χ4n) is 2.42. The molecule has 1 fully saturated rings. The van der Waals surface area contributed by atoms with E-state index in [0.717, 1.165) is 26.1 Å². The van der Waals surface area contributed by atoms with Gasteiger partial charge in [-0.05, 0) is 20.3 Å². The van der Waals surface area contributed by atoms with Gasteiger partial charge in [0, 0.05) is 37.6 Å². The molecule has 1 rings (SSSR count). The first kappa shape index (κ1) is 15.4. The van der Waals surface area contributed by atoms with E-state index in [2.05, 4.69) is 24.1 Å². The van der Waals surface area contributed by atoms with Crippen molar-refractivity contribution in [3.63, 3.8) is 0 Å². The molecule has 106 valence electrons. The lowest BCUT2D eigenvalue weighted by Gasteiger charge is -2.46. The summed E-state index contributed by atoms with van der Waals surface area (Å²) in [6.45, 7) is 9.82. The Balaban J connectivity index is 2.56. The summed E-state index contributed by atoms with van der Waals surface area (Å²) in [4.78, 5) is 14.1. The normalized spacial score (nSPS) is 21.6. The van der Waals surface area contributed by atoms with Crippen LogP contribution < -0.4 is 11.1 Å². The van der Waals surface area contributed by atoms with Gasteiger partial charge in [0.1, 0.15) is 0 Å². The molecule has 0 aromatic carbocycles. The van der Waals surface area contributed by atoms with Gasteiger partial charge in [0.15, 0.2) is 0 Å². The summed E-state index contributed by atoms with van der Waals surface area (Å²) >= 11 is 0. The SMILES string of the molecule is CCCNC(=O)CC(CN)N1CCOCC1(C)C. The van der Waals surface area contributed by atoms with Gasteiger partial charge in [-0.3, -0.25) is 9.69 Å². The van der Waals surface area contributed by atoms with Gasteiger partial charge in [-0.2, -0.15) is 0 Å². The Labute approximate surface area is 110 Å². The van der Waals surface area contributed by atoms with Crippen LogP contribution in [-0.2, 0) is 9.53 Å². The molecule has 0 saturated carbocycles. The van der Waals surface area contributed by atoms with Crippen LogP contribution in [0.5, 0.6) is 0 Å². The summed E-state index contributed by atoms with van der Waals surface area (Å²) < 4.78 is 5.50. The minimum absolute atomic E-state index is 0.0483. The third-order valence-corrected chi connectivity index (χ3v) is 3.42. The lowest BCUT2D eigenvalue weighted by molar-refractivity contribution is -0.124. The molecular weight excluding hydrogens is 230 g/mol. The summed E-state index contributed by atoms with van der Waals surface area (Å²) in [5.74, 6) is 0.0922. The van der Waals surface area contributed by atoms with E-state index in [1.54, 1.807) is 0 Å². The molecule has 1 saturated heterocycles. The molecule has 5 nitrogen and oxygen atoms in total. The predicted molar refractivity (Wildman–Crippen MR) is 72.4 cm³/mol. The van der Waals surface area contributed by atoms with Crippen LogP contribution in [0.3, 0.4) is 0 Å². The molecule has 5 heteroatoms. The molecule has 3 N–H and O–H groups in total. The van der Waals surface area contributed by atoms with Crippen molar-refractivity contribution in [2.24, 2.45) is 5.73 Å². The van der Waals surface area contributed by atoms with E-state index >= 15 is 0 Å². The average molecular weight is 257 g/mol. The van der Waals surface area contributed by atoms with E-state index in [4.69, 9.17) is 10.5 Å². The molecule has 1 aliphatic heterocycles. The molecule has 18 heavy (non-hydrogen) atoms. The number of morpholine rings is 1. The Kier molecular flexibility index (Phi) is 6.05. The molecule has 0 radical (unpaired) electrons. The van der Waals surface area contributed by atoms with Gasteiger partial charge in [-0.15, -0.1) is 0 Å². The topological polar surface area (TPSA) is 67.6 Å². The highest BCUT2D eigenvalue weighted by Gasteiger charge is 2.35.